The molecule has 8 nitrogen and oxygen atoms in total. The molecule has 8 heteroatoms. The third kappa shape index (κ3) is 5.33. The van der Waals surface area contributed by atoms with Crippen LogP contribution in [-0.2, 0) is 11.3 Å². The van der Waals surface area contributed by atoms with Gasteiger partial charge in [-0.05, 0) is 49.1 Å². The normalized spacial score (nSPS) is 14.5. The van der Waals surface area contributed by atoms with Crippen molar-refractivity contribution in [2.45, 2.75) is 25.8 Å². The summed E-state index contributed by atoms with van der Waals surface area (Å²) in [5.41, 5.74) is 0.888. The van der Waals surface area contributed by atoms with Gasteiger partial charge in [-0.1, -0.05) is 18.2 Å². The second-order valence-corrected chi connectivity index (χ2v) is 7.65. The highest BCUT2D eigenvalue weighted by Crippen LogP contribution is 2.24. The summed E-state index contributed by atoms with van der Waals surface area (Å²) in [6.07, 6.45) is 3.17. The van der Waals surface area contributed by atoms with Crippen LogP contribution in [0.3, 0.4) is 0 Å². The number of carbonyl (C=O) groups is 2. The van der Waals surface area contributed by atoms with Crippen molar-refractivity contribution in [1.29, 1.82) is 0 Å². The number of ether oxygens (including phenoxy) is 2. The minimum atomic E-state index is -0.844. The van der Waals surface area contributed by atoms with E-state index in [1.807, 2.05) is 36.4 Å². The van der Waals surface area contributed by atoms with Crippen molar-refractivity contribution in [2.75, 3.05) is 19.7 Å². The number of aryl methyl sites for hydroxylation is 1. The number of rotatable bonds is 7. The van der Waals surface area contributed by atoms with Gasteiger partial charge < -0.3 is 19.5 Å². The number of carboxylic acids is 1. The van der Waals surface area contributed by atoms with Crippen LogP contribution in [0.25, 0.3) is 10.9 Å². The van der Waals surface area contributed by atoms with Crippen molar-refractivity contribution in [2.24, 2.45) is 5.92 Å². The largest absolute Gasteiger partial charge is 0.493 e. The molecular weight excluding hydrogens is 398 g/mol. The number of benzene rings is 2. The molecule has 0 bridgehead atoms. The number of fused-ring (bicyclic) bond motifs is 1. The molecule has 1 saturated heterocycles. The maximum Gasteiger partial charge on any atom is 0.415 e. The minimum absolute atomic E-state index is 0.0343. The molecule has 0 unspecified atom stereocenters. The number of piperidine rings is 1. The van der Waals surface area contributed by atoms with Crippen LogP contribution < -0.4 is 9.47 Å². The fourth-order valence-corrected chi connectivity index (χ4v) is 3.68. The molecule has 1 aromatic heterocycles. The van der Waals surface area contributed by atoms with Gasteiger partial charge in [-0.2, -0.15) is 5.10 Å². The van der Waals surface area contributed by atoms with Gasteiger partial charge >= 0.3 is 12.1 Å². The van der Waals surface area contributed by atoms with Crippen molar-refractivity contribution in [1.82, 2.24) is 14.7 Å². The summed E-state index contributed by atoms with van der Waals surface area (Å²) < 4.78 is 13.1. The Morgan fingerprint density at radius 3 is 2.58 bits per heavy atom. The molecule has 0 aliphatic carbocycles. The maximum atomic E-state index is 12.3. The van der Waals surface area contributed by atoms with Crippen molar-refractivity contribution >= 4 is 23.0 Å². The summed E-state index contributed by atoms with van der Waals surface area (Å²) in [6.45, 7) is 2.22. The van der Waals surface area contributed by atoms with Gasteiger partial charge in [0.1, 0.15) is 11.5 Å². The van der Waals surface area contributed by atoms with E-state index < -0.39 is 5.97 Å². The molecule has 0 atom stereocenters. The molecule has 31 heavy (non-hydrogen) atoms. The number of aromatic nitrogens is 2. The average Bonchev–Trinajstić information content (AvgIpc) is 3.19. The number of likely N-dealkylation sites (tertiary alicyclic amines) is 1. The van der Waals surface area contributed by atoms with Gasteiger partial charge in [0, 0.05) is 18.5 Å². The Morgan fingerprint density at radius 1 is 1.06 bits per heavy atom. The lowest BCUT2D eigenvalue weighted by molar-refractivity contribution is -0.137. The molecule has 0 saturated carbocycles. The average molecular weight is 423 g/mol. The smallest absolute Gasteiger partial charge is 0.415 e. The third-order valence-electron chi connectivity index (χ3n) is 5.46. The molecule has 3 aromatic rings. The van der Waals surface area contributed by atoms with Crippen LogP contribution in [0.1, 0.15) is 19.3 Å². The zero-order valence-corrected chi connectivity index (χ0v) is 17.1. The van der Waals surface area contributed by atoms with E-state index in [-0.39, 0.29) is 12.5 Å². The van der Waals surface area contributed by atoms with Gasteiger partial charge in [-0.15, -0.1) is 0 Å². The lowest BCUT2D eigenvalue weighted by Gasteiger charge is -2.31. The monoisotopic (exact) mass is 423 g/mol. The number of aliphatic carboxylic acids is 1. The van der Waals surface area contributed by atoms with Gasteiger partial charge in [0.15, 0.2) is 0 Å². The minimum Gasteiger partial charge on any atom is -0.493 e. The first kappa shape index (κ1) is 20.7. The second-order valence-electron chi connectivity index (χ2n) is 7.65. The topological polar surface area (TPSA) is 93.9 Å². The number of nitrogens with zero attached hydrogens (tertiary/aromatic N) is 3. The Balaban J connectivity index is 1.25. The summed E-state index contributed by atoms with van der Waals surface area (Å²) in [5.74, 6) is 0.841. The van der Waals surface area contributed by atoms with E-state index in [9.17, 15) is 9.59 Å². The van der Waals surface area contributed by atoms with Crippen LogP contribution in [0.2, 0.25) is 0 Å². The molecule has 2 heterocycles. The summed E-state index contributed by atoms with van der Waals surface area (Å²) >= 11 is 0. The first-order valence-electron chi connectivity index (χ1n) is 10.4. The molecule has 0 radical (unpaired) electrons. The van der Waals surface area contributed by atoms with Crippen molar-refractivity contribution in [3.05, 3.63) is 54.7 Å². The Labute approximate surface area is 180 Å². The molecule has 2 aromatic carbocycles. The molecule has 1 amide bonds. The summed E-state index contributed by atoms with van der Waals surface area (Å²) in [7, 11) is 0. The van der Waals surface area contributed by atoms with Crippen LogP contribution in [0, 0.1) is 5.92 Å². The summed E-state index contributed by atoms with van der Waals surface area (Å²) in [5, 5.41) is 14.0. The van der Waals surface area contributed by atoms with Crippen LogP contribution in [-0.4, -0.2) is 51.5 Å². The third-order valence-corrected chi connectivity index (χ3v) is 5.46. The number of para-hydroxylation sites is 1. The molecule has 162 valence electrons. The quantitative estimate of drug-likeness (QED) is 0.621. The molecule has 1 fully saturated rings. The van der Waals surface area contributed by atoms with Crippen molar-refractivity contribution < 1.29 is 24.2 Å². The van der Waals surface area contributed by atoms with Crippen molar-refractivity contribution in [3.63, 3.8) is 0 Å². The lowest BCUT2D eigenvalue weighted by atomic mass is 9.98. The van der Waals surface area contributed by atoms with E-state index in [4.69, 9.17) is 14.6 Å². The van der Waals surface area contributed by atoms with E-state index in [0.29, 0.717) is 37.9 Å². The second kappa shape index (κ2) is 9.51. The summed E-state index contributed by atoms with van der Waals surface area (Å²) in [6, 6.07) is 14.8. The van der Waals surface area contributed by atoms with Crippen LogP contribution >= 0.6 is 0 Å². The van der Waals surface area contributed by atoms with Crippen molar-refractivity contribution in [3.8, 4) is 11.5 Å². The Kier molecular flexibility index (Phi) is 6.35. The zero-order valence-electron chi connectivity index (χ0n) is 17.1. The van der Waals surface area contributed by atoms with E-state index in [2.05, 4.69) is 5.10 Å². The molecule has 1 aliphatic rings. The van der Waals surface area contributed by atoms with Gasteiger partial charge in [0.2, 0.25) is 0 Å². The lowest BCUT2D eigenvalue weighted by Crippen LogP contribution is -2.41. The Hall–Kier alpha value is -3.55. The fourth-order valence-electron chi connectivity index (χ4n) is 3.68. The molecular formula is C23H25N3O5. The molecule has 1 N–H and O–H groups in total. The van der Waals surface area contributed by atoms with E-state index in [0.717, 1.165) is 29.5 Å². The Morgan fingerprint density at radius 2 is 1.84 bits per heavy atom. The number of hydrogen-bond donors (Lipinski definition) is 1. The van der Waals surface area contributed by atoms with Crippen LogP contribution in [0.15, 0.2) is 54.7 Å². The van der Waals surface area contributed by atoms with E-state index in [1.54, 1.807) is 27.9 Å². The highest BCUT2D eigenvalue weighted by Gasteiger charge is 2.24. The number of amides is 1. The van der Waals surface area contributed by atoms with Gasteiger partial charge in [0.05, 0.1) is 31.3 Å². The highest BCUT2D eigenvalue weighted by atomic mass is 16.6. The van der Waals surface area contributed by atoms with E-state index in [1.165, 1.54) is 0 Å². The highest BCUT2D eigenvalue weighted by molar-refractivity contribution is 5.80. The molecule has 4 rings (SSSR count). The van der Waals surface area contributed by atoms with Gasteiger partial charge in [-0.3, -0.25) is 9.48 Å². The van der Waals surface area contributed by atoms with Crippen LogP contribution in [0.5, 0.6) is 11.5 Å². The first-order valence-corrected chi connectivity index (χ1v) is 10.4. The predicted octanol–water partition coefficient (Wildman–Crippen LogP) is 3.80. The standard InChI is InChI=1S/C23H25N3O5/c27-22(28)10-13-26-21-7-6-20(14-18(21)15-24-26)30-16-17-8-11-25(12-9-17)23(29)31-19-4-2-1-3-5-19/h1-7,14-15,17H,8-13,16H2,(H,27,28). The number of hydrogen-bond acceptors (Lipinski definition) is 5. The van der Waals surface area contributed by atoms with E-state index >= 15 is 0 Å². The number of carbonyl (C=O) groups excluding carboxylic acids is 1. The Bertz CT molecular complexity index is 1040. The maximum absolute atomic E-state index is 12.3. The SMILES string of the molecule is O=C(O)CCn1ncc2cc(OCC3CCN(C(=O)Oc4ccccc4)CC3)ccc21. The zero-order chi connectivity index (χ0) is 21.6. The fraction of sp³-hybridized carbons (Fsp3) is 0.348. The predicted molar refractivity (Wildman–Crippen MR) is 114 cm³/mol. The van der Waals surface area contributed by atoms with Gasteiger partial charge in [0.25, 0.3) is 0 Å². The summed E-state index contributed by atoms with van der Waals surface area (Å²) in [4.78, 5) is 24.8. The molecule has 0 spiro atoms. The van der Waals surface area contributed by atoms with Crippen LogP contribution in [0.4, 0.5) is 4.79 Å². The molecule has 1 aliphatic heterocycles. The number of carboxylic acid groups (broad SMARTS) is 1. The van der Waals surface area contributed by atoms with Gasteiger partial charge in [-0.25, -0.2) is 4.79 Å². The first-order chi connectivity index (χ1) is 15.1.